The van der Waals surface area contributed by atoms with Gasteiger partial charge in [-0.05, 0) is 32.0 Å². The lowest BCUT2D eigenvalue weighted by molar-refractivity contribution is 0.0730. The molecule has 0 spiro atoms. The van der Waals surface area contributed by atoms with Crippen LogP contribution in [-0.2, 0) is 21.8 Å². The Morgan fingerprint density at radius 1 is 1.27 bits per heavy atom. The van der Waals surface area contributed by atoms with Crippen molar-refractivity contribution in [3.63, 3.8) is 0 Å². The SMILES string of the molecule is CC(C)Oc1ccc(S(=O)(=O)N2CCOCC2)cc1NC(=O)c1csc(-c2cnn(C)c2)n1. The van der Waals surface area contributed by atoms with E-state index < -0.39 is 15.9 Å². The Morgan fingerprint density at radius 3 is 2.70 bits per heavy atom. The molecular formula is C21H25N5O5S2. The molecule has 3 heterocycles. The lowest BCUT2D eigenvalue weighted by Crippen LogP contribution is -2.40. The molecule has 2 aromatic heterocycles. The van der Waals surface area contributed by atoms with E-state index >= 15 is 0 Å². The third-order valence-corrected chi connectivity index (χ3v) is 7.64. The molecule has 0 unspecified atom stereocenters. The van der Waals surface area contributed by atoms with Crippen molar-refractivity contribution >= 4 is 33.0 Å². The summed E-state index contributed by atoms with van der Waals surface area (Å²) < 4.78 is 40.3. The second-order valence-electron chi connectivity index (χ2n) is 7.74. The van der Waals surface area contributed by atoms with Crippen molar-refractivity contribution in [3.05, 3.63) is 41.7 Å². The molecule has 33 heavy (non-hydrogen) atoms. The molecule has 0 radical (unpaired) electrons. The predicted molar refractivity (Wildman–Crippen MR) is 124 cm³/mol. The number of nitrogens with zero attached hydrogens (tertiary/aromatic N) is 4. The predicted octanol–water partition coefficient (Wildman–Crippen LogP) is 2.60. The summed E-state index contributed by atoms with van der Waals surface area (Å²) in [5.41, 5.74) is 1.29. The van der Waals surface area contributed by atoms with Crippen molar-refractivity contribution in [2.75, 3.05) is 31.6 Å². The summed E-state index contributed by atoms with van der Waals surface area (Å²) in [7, 11) is -1.93. The lowest BCUT2D eigenvalue weighted by atomic mass is 10.2. The van der Waals surface area contributed by atoms with Gasteiger partial charge in [-0.3, -0.25) is 9.48 Å². The molecule has 1 N–H and O–H groups in total. The van der Waals surface area contributed by atoms with Crippen LogP contribution in [-0.4, -0.2) is 65.8 Å². The van der Waals surface area contributed by atoms with Crippen LogP contribution in [0.15, 0.2) is 40.9 Å². The summed E-state index contributed by atoms with van der Waals surface area (Å²) in [6, 6.07) is 4.47. The summed E-state index contributed by atoms with van der Waals surface area (Å²) >= 11 is 1.32. The third-order valence-electron chi connectivity index (χ3n) is 4.86. The monoisotopic (exact) mass is 491 g/mol. The average Bonchev–Trinajstić information content (AvgIpc) is 3.44. The van der Waals surface area contributed by atoms with Crippen LogP contribution in [0.5, 0.6) is 5.75 Å². The summed E-state index contributed by atoms with van der Waals surface area (Å²) in [5, 5.41) is 9.20. The maximum absolute atomic E-state index is 13.1. The number of aromatic nitrogens is 3. The summed E-state index contributed by atoms with van der Waals surface area (Å²) in [5.74, 6) is -0.0853. The van der Waals surface area contributed by atoms with Crippen LogP contribution in [0.1, 0.15) is 24.3 Å². The molecule has 0 atom stereocenters. The summed E-state index contributed by atoms with van der Waals surface area (Å²) in [6.07, 6.45) is 3.32. The fourth-order valence-electron chi connectivity index (χ4n) is 3.29. The highest BCUT2D eigenvalue weighted by Gasteiger charge is 2.27. The number of ether oxygens (including phenoxy) is 2. The Morgan fingerprint density at radius 2 is 2.03 bits per heavy atom. The number of rotatable bonds is 7. The largest absolute Gasteiger partial charge is 0.489 e. The van der Waals surface area contributed by atoms with Crippen LogP contribution >= 0.6 is 11.3 Å². The van der Waals surface area contributed by atoms with E-state index in [-0.39, 0.29) is 35.5 Å². The van der Waals surface area contributed by atoms with E-state index in [2.05, 4.69) is 15.4 Å². The van der Waals surface area contributed by atoms with E-state index in [1.165, 1.54) is 27.8 Å². The molecule has 10 nitrogen and oxygen atoms in total. The molecule has 176 valence electrons. The topological polar surface area (TPSA) is 116 Å². The standard InChI is InChI=1S/C21H25N5O5S2/c1-14(2)31-19-5-4-16(33(28,29)26-6-8-30-9-7-26)10-17(19)23-20(27)18-13-32-21(24-18)15-11-22-25(3)12-15/h4-5,10-14H,6-9H2,1-3H3,(H,23,27). The molecule has 4 rings (SSSR count). The van der Waals surface area contributed by atoms with Crippen molar-refractivity contribution in [1.29, 1.82) is 0 Å². The number of carbonyl (C=O) groups excluding carboxylic acids is 1. The third kappa shape index (κ3) is 5.24. The van der Waals surface area contributed by atoms with E-state index in [1.807, 2.05) is 20.0 Å². The van der Waals surface area contributed by atoms with E-state index in [1.54, 1.807) is 29.4 Å². The molecule has 1 fully saturated rings. The van der Waals surface area contributed by atoms with Gasteiger partial charge in [-0.1, -0.05) is 0 Å². The Balaban J connectivity index is 1.61. The smallest absolute Gasteiger partial charge is 0.275 e. The molecule has 0 saturated carbocycles. The van der Waals surface area contributed by atoms with Gasteiger partial charge >= 0.3 is 0 Å². The van der Waals surface area contributed by atoms with Crippen molar-refractivity contribution < 1.29 is 22.7 Å². The fourth-order valence-corrected chi connectivity index (χ4v) is 5.50. The van der Waals surface area contributed by atoms with Crippen molar-refractivity contribution in [1.82, 2.24) is 19.1 Å². The quantitative estimate of drug-likeness (QED) is 0.540. The number of sulfonamides is 1. The van der Waals surface area contributed by atoms with Gasteiger partial charge < -0.3 is 14.8 Å². The number of thiazole rings is 1. The van der Waals surface area contributed by atoms with Gasteiger partial charge in [-0.2, -0.15) is 9.40 Å². The van der Waals surface area contributed by atoms with E-state index in [4.69, 9.17) is 9.47 Å². The first kappa shape index (κ1) is 23.4. The van der Waals surface area contributed by atoms with Gasteiger partial charge in [0.25, 0.3) is 5.91 Å². The molecule has 1 aliphatic rings. The van der Waals surface area contributed by atoms with Gasteiger partial charge in [0, 0.05) is 37.3 Å². The molecule has 0 aliphatic carbocycles. The molecule has 1 aromatic carbocycles. The van der Waals surface area contributed by atoms with Crippen LogP contribution in [0, 0.1) is 0 Å². The number of anilines is 1. The zero-order chi connectivity index (χ0) is 23.6. The highest BCUT2D eigenvalue weighted by Crippen LogP contribution is 2.31. The Hall–Kier alpha value is -2.80. The van der Waals surface area contributed by atoms with E-state index in [0.717, 1.165) is 5.56 Å². The molecule has 1 saturated heterocycles. The fraction of sp³-hybridized carbons (Fsp3) is 0.381. The zero-order valence-electron chi connectivity index (χ0n) is 18.5. The van der Waals surface area contributed by atoms with Gasteiger partial charge in [-0.15, -0.1) is 11.3 Å². The zero-order valence-corrected chi connectivity index (χ0v) is 20.1. The molecule has 3 aromatic rings. The van der Waals surface area contributed by atoms with Crippen LogP contribution in [0.4, 0.5) is 5.69 Å². The van der Waals surface area contributed by atoms with Gasteiger partial charge in [-0.25, -0.2) is 13.4 Å². The number of benzene rings is 1. The van der Waals surface area contributed by atoms with Crippen LogP contribution < -0.4 is 10.1 Å². The minimum atomic E-state index is -3.74. The Kier molecular flexibility index (Phi) is 6.79. The number of nitrogens with one attached hydrogen (secondary N) is 1. The number of aryl methyl sites for hydroxylation is 1. The number of amides is 1. The van der Waals surface area contributed by atoms with E-state index in [9.17, 15) is 13.2 Å². The number of hydrogen-bond donors (Lipinski definition) is 1. The summed E-state index contributed by atoms with van der Waals surface area (Å²) in [4.78, 5) is 17.4. The molecule has 1 amide bonds. The highest BCUT2D eigenvalue weighted by molar-refractivity contribution is 7.89. The van der Waals surface area contributed by atoms with Crippen LogP contribution in [0.2, 0.25) is 0 Å². The van der Waals surface area contributed by atoms with E-state index in [0.29, 0.717) is 24.0 Å². The number of morpholine rings is 1. The van der Waals surface area contributed by atoms with Gasteiger partial charge in [0.05, 0.1) is 36.1 Å². The van der Waals surface area contributed by atoms with Crippen LogP contribution in [0.3, 0.4) is 0 Å². The second kappa shape index (κ2) is 9.59. The minimum absolute atomic E-state index is 0.0742. The molecule has 12 heteroatoms. The van der Waals surface area contributed by atoms with Crippen LogP contribution in [0.25, 0.3) is 10.6 Å². The number of hydrogen-bond acceptors (Lipinski definition) is 8. The maximum Gasteiger partial charge on any atom is 0.275 e. The lowest BCUT2D eigenvalue weighted by Gasteiger charge is -2.26. The van der Waals surface area contributed by atoms with Gasteiger partial charge in [0.1, 0.15) is 16.5 Å². The Bertz CT molecular complexity index is 1250. The molecule has 0 bridgehead atoms. The van der Waals surface area contributed by atoms with Gasteiger partial charge in [0.2, 0.25) is 10.0 Å². The Labute approximate surface area is 196 Å². The van der Waals surface area contributed by atoms with Crippen molar-refractivity contribution in [2.45, 2.75) is 24.8 Å². The second-order valence-corrected chi connectivity index (χ2v) is 10.5. The highest BCUT2D eigenvalue weighted by atomic mass is 32.2. The average molecular weight is 492 g/mol. The number of carbonyl (C=O) groups is 1. The maximum atomic E-state index is 13.1. The summed E-state index contributed by atoms with van der Waals surface area (Å²) in [6.45, 7) is 4.96. The molecule has 1 aliphatic heterocycles. The normalized spacial score (nSPS) is 15.0. The van der Waals surface area contributed by atoms with Gasteiger partial charge in [0.15, 0.2) is 0 Å². The molecular weight excluding hydrogens is 466 g/mol. The first-order chi connectivity index (χ1) is 15.7. The first-order valence-electron chi connectivity index (χ1n) is 10.4. The first-order valence-corrected chi connectivity index (χ1v) is 12.7. The van der Waals surface area contributed by atoms with Crippen molar-refractivity contribution in [2.24, 2.45) is 7.05 Å². The van der Waals surface area contributed by atoms with Crippen molar-refractivity contribution in [3.8, 4) is 16.3 Å². The minimum Gasteiger partial charge on any atom is -0.489 e.